The molecule has 5 nitrogen and oxygen atoms in total. The average molecular weight is 401 g/mol. The van der Waals surface area contributed by atoms with E-state index in [2.05, 4.69) is 4.98 Å². The molecule has 1 amide bonds. The summed E-state index contributed by atoms with van der Waals surface area (Å²) >= 11 is 0. The van der Waals surface area contributed by atoms with E-state index >= 15 is 0 Å². The zero-order chi connectivity index (χ0) is 20.8. The summed E-state index contributed by atoms with van der Waals surface area (Å²) in [6.45, 7) is 0.635. The van der Waals surface area contributed by atoms with Crippen molar-refractivity contribution in [2.75, 3.05) is 11.9 Å². The second-order valence-corrected chi connectivity index (χ2v) is 7.09. The van der Waals surface area contributed by atoms with Gasteiger partial charge in [-0.1, -0.05) is 6.07 Å². The van der Waals surface area contributed by atoms with Gasteiger partial charge in [-0.25, -0.2) is 4.98 Å². The Morgan fingerprint density at radius 2 is 1.93 bits per heavy atom. The van der Waals surface area contributed by atoms with E-state index in [9.17, 15) is 22.8 Å². The number of alkyl halides is 3. The molecule has 0 radical (unpaired) electrons. The van der Waals surface area contributed by atoms with Crippen LogP contribution in [-0.2, 0) is 19.1 Å². The summed E-state index contributed by atoms with van der Waals surface area (Å²) < 4.78 is 40.6. The number of anilines is 1. The molecule has 0 fully saturated rings. The van der Waals surface area contributed by atoms with Crippen molar-refractivity contribution >= 4 is 22.5 Å². The predicted molar refractivity (Wildman–Crippen MR) is 103 cm³/mol. The maximum absolute atomic E-state index is 13.0. The number of nitrogens with zero attached hydrogens (tertiary/aromatic N) is 3. The molecule has 0 unspecified atom stereocenters. The summed E-state index contributed by atoms with van der Waals surface area (Å²) in [5, 5.41) is 0.425. The molecule has 3 aromatic rings. The van der Waals surface area contributed by atoms with Gasteiger partial charge in [-0.05, 0) is 49.2 Å². The van der Waals surface area contributed by atoms with Crippen molar-refractivity contribution < 1.29 is 18.0 Å². The Bertz CT molecular complexity index is 1170. The van der Waals surface area contributed by atoms with E-state index in [4.69, 9.17) is 0 Å². The number of amides is 1. The molecule has 0 aliphatic carbocycles. The van der Waals surface area contributed by atoms with Gasteiger partial charge in [-0.3, -0.25) is 14.2 Å². The van der Waals surface area contributed by atoms with E-state index in [0.717, 1.165) is 29.9 Å². The van der Waals surface area contributed by atoms with Gasteiger partial charge < -0.3 is 4.90 Å². The van der Waals surface area contributed by atoms with Gasteiger partial charge in [0.25, 0.3) is 11.5 Å². The van der Waals surface area contributed by atoms with Crippen molar-refractivity contribution in [2.45, 2.75) is 32.0 Å². The number of hydrogen-bond acceptors (Lipinski definition) is 3. The molecule has 0 atom stereocenters. The van der Waals surface area contributed by atoms with E-state index in [1.165, 1.54) is 31.3 Å². The molecule has 0 saturated heterocycles. The smallest absolute Gasteiger partial charge is 0.311 e. The van der Waals surface area contributed by atoms with Gasteiger partial charge in [-0.2, -0.15) is 13.2 Å². The van der Waals surface area contributed by atoms with Crippen LogP contribution in [0.2, 0.25) is 0 Å². The van der Waals surface area contributed by atoms with E-state index < -0.39 is 17.6 Å². The minimum Gasteiger partial charge on any atom is -0.311 e. The first-order valence-corrected chi connectivity index (χ1v) is 9.24. The van der Waals surface area contributed by atoms with Crippen molar-refractivity contribution in [3.05, 3.63) is 69.8 Å². The Morgan fingerprint density at radius 3 is 2.69 bits per heavy atom. The monoisotopic (exact) mass is 401 g/mol. The highest BCUT2D eigenvalue weighted by atomic mass is 19.4. The minimum absolute atomic E-state index is 0.128. The Morgan fingerprint density at radius 1 is 1.14 bits per heavy atom. The molecular formula is C21H18F3N3O2. The van der Waals surface area contributed by atoms with Crippen LogP contribution in [0.3, 0.4) is 0 Å². The third kappa shape index (κ3) is 3.50. The largest absolute Gasteiger partial charge is 0.416 e. The standard InChI is InChI=1S/C21H18F3N3O2/c1-26(15-6-4-5-14(12-15)21(22,23)24)19(28)13-8-9-16-17(11-13)25-18-7-2-3-10-27(18)20(16)29/h4-6,8-9,11-12H,2-3,7,10H2,1H3. The van der Waals surface area contributed by atoms with Crippen LogP contribution in [0.15, 0.2) is 47.3 Å². The van der Waals surface area contributed by atoms with Gasteiger partial charge in [0.05, 0.1) is 16.5 Å². The van der Waals surface area contributed by atoms with Crippen LogP contribution in [-0.4, -0.2) is 22.5 Å². The fourth-order valence-corrected chi connectivity index (χ4v) is 3.58. The van der Waals surface area contributed by atoms with Gasteiger partial charge in [0.2, 0.25) is 0 Å². The Kier molecular flexibility index (Phi) is 4.64. The van der Waals surface area contributed by atoms with Crippen molar-refractivity contribution in [3.8, 4) is 0 Å². The second-order valence-electron chi connectivity index (χ2n) is 7.09. The minimum atomic E-state index is -4.49. The highest BCUT2D eigenvalue weighted by Crippen LogP contribution is 2.31. The molecule has 0 spiro atoms. The van der Waals surface area contributed by atoms with Crippen LogP contribution >= 0.6 is 0 Å². The molecule has 2 heterocycles. The molecule has 0 bridgehead atoms. The van der Waals surface area contributed by atoms with E-state index in [0.29, 0.717) is 29.7 Å². The van der Waals surface area contributed by atoms with Gasteiger partial charge in [0, 0.05) is 31.3 Å². The average Bonchev–Trinajstić information content (AvgIpc) is 2.72. The van der Waals surface area contributed by atoms with E-state index in [1.807, 2.05) is 0 Å². The summed E-state index contributed by atoms with van der Waals surface area (Å²) in [7, 11) is 1.41. The summed E-state index contributed by atoms with van der Waals surface area (Å²) in [5.41, 5.74) is -0.149. The van der Waals surface area contributed by atoms with Gasteiger partial charge in [0.1, 0.15) is 5.82 Å². The van der Waals surface area contributed by atoms with E-state index in [1.54, 1.807) is 10.6 Å². The Labute approximate surface area is 164 Å². The zero-order valence-corrected chi connectivity index (χ0v) is 15.7. The van der Waals surface area contributed by atoms with E-state index in [-0.39, 0.29) is 16.8 Å². The normalized spacial score (nSPS) is 13.9. The third-order valence-corrected chi connectivity index (χ3v) is 5.18. The van der Waals surface area contributed by atoms with Gasteiger partial charge in [-0.15, -0.1) is 0 Å². The summed E-state index contributed by atoms with van der Waals surface area (Å²) in [6, 6.07) is 9.18. The second kappa shape index (κ2) is 7.02. The predicted octanol–water partition coefficient (Wildman–Crippen LogP) is 4.03. The Balaban J connectivity index is 1.71. The molecule has 2 aromatic carbocycles. The zero-order valence-electron chi connectivity index (χ0n) is 15.7. The lowest BCUT2D eigenvalue weighted by Gasteiger charge is -2.20. The highest BCUT2D eigenvalue weighted by molar-refractivity contribution is 6.07. The summed E-state index contributed by atoms with van der Waals surface area (Å²) in [4.78, 5) is 31.2. The first kappa shape index (κ1) is 19.2. The van der Waals surface area contributed by atoms with Crippen LogP contribution in [0.25, 0.3) is 10.9 Å². The number of aryl methyl sites for hydroxylation is 1. The molecule has 0 N–H and O–H groups in total. The third-order valence-electron chi connectivity index (χ3n) is 5.18. The van der Waals surface area contributed by atoms with Gasteiger partial charge in [0.15, 0.2) is 0 Å². The summed E-state index contributed by atoms with van der Waals surface area (Å²) in [6.07, 6.45) is -1.91. The number of carbonyl (C=O) groups is 1. The maximum atomic E-state index is 13.0. The molecule has 4 rings (SSSR count). The van der Waals surface area contributed by atoms with Crippen LogP contribution in [0.1, 0.15) is 34.6 Å². The molecule has 8 heteroatoms. The van der Waals surface area contributed by atoms with Crippen molar-refractivity contribution in [1.82, 2.24) is 9.55 Å². The quantitative estimate of drug-likeness (QED) is 0.652. The molecule has 150 valence electrons. The SMILES string of the molecule is CN(C(=O)c1ccc2c(=O)n3c(nc2c1)CCCC3)c1cccc(C(F)(F)F)c1. The van der Waals surface area contributed by atoms with Crippen molar-refractivity contribution in [3.63, 3.8) is 0 Å². The highest BCUT2D eigenvalue weighted by Gasteiger charge is 2.31. The van der Waals surface area contributed by atoms with Crippen LogP contribution in [0.5, 0.6) is 0 Å². The molecule has 1 aliphatic heterocycles. The lowest BCUT2D eigenvalue weighted by atomic mass is 10.1. The molecule has 29 heavy (non-hydrogen) atoms. The van der Waals surface area contributed by atoms with Crippen LogP contribution in [0.4, 0.5) is 18.9 Å². The topological polar surface area (TPSA) is 55.2 Å². The van der Waals surface area contributed by atoms with Crippen molar-refractivity contribution in [1.29, 1.82) is 0 Å². The number of aromatic nitrogens is 2. The molecule has 0 saturated carbocycles. The molecule has 1 aliphatic rings. The van der Waals surface area contributed by atoms with Gasteiger partial charge >= 0.3 is 6.18 Å². The number of rotatable bonds is 2. The number of benzene rings is 2. The number of carbonyl (C=O) groups excluding carboxylic acids is 1. The summed E-state index contributed by atoms with van der Waals surface area (Å²) in [5.74, 6) is 0.218. The fourth-order valence-electron chi connectivity index (χ4n) is 3.58. The molecule has 1 aromatic heterocycles. The first-order chi connectivity index (χ1) is 13.8. The first-order valence-electron chi connectivity index (χ1n) is 9.24. The Hall–Kier alpha value is -3.16. The van der Waals surface area contributed by atoms with Crippen molar-refractivity contribution in [2.24, 2.45) is 0 Å². The number of fused-ring (bicyclic) bond motifs is 2. The number of hydrogen-bond donors (Lipinski definition) is 0. The maximum Gasteiger partial charge on any atom is 0.416 e. The lowest BCUT2D eigenvalue weighted by molar-refractivity contribution is -0.137. The van der Waals surface area contributed by atoms with Crippen LogP contribution in [0, 0.1) is 0 Å². The lowest BCUT2D eigenvalue weighted by Crippen LogP contribution is -2.29. The van der Waals surface area contributed by atoms with Crippen LogP contribution < -0.4 is 10.5 Å². The fraction of sp³-hybridized carbons (Fsp3) is 0.286. The number of halogens is 3. The molecular weight excluding hydrogens is 383 g/mol.